The van der Waals surface area contributed by atoms with Crippen LogP contribution in [0, 0.1) is 0 Å². The zero-order valence-electron chi connectivity index (χ0n) is 15.9. The van der Waals surface area contributed by atoms with Crippen LogP contribution in [0.25, 0.3) is 11.2 Å². The lowest BCUT2D eigenvalue weighted by Crippen LogP contribution is -2.32. The number of aliphatic hydroxyl groups excluding tert-OH is 2. The van der Waals surface area contributed by atoms with Crippen LogP contribution >= 0.6 is 6.89 Å². The predicted octanol–water partition coefficient (Wildman–Crippen LogP) is 0.660. The van der Waals surface area contributed by atoms with E-state index < -0.39 is 31.4 Å². The number of aliphatic hydroxyl groups is 2. The van der Waals surface area contributed by atoms with E-state index in [1.807, 2.05) is 6.92 Å². The number of imidazole rings is 1. The van der Waals surface area contributed by atoms with Gasteiger partial charge in [-0.15, -0.1) is 13.2 Å². The SMILES string of the molecule is C=P(C)(C)CCC1O[C@@H](n2cnc3c(=O)[nH]c(NCCC)nc32)[C@H](O)[C@@H]1O. The van der Waals surface area contributed by atoms with Crippen LogP contribution in [0.3, 0.4) is 0 Å². The van der Waals surface area contributed by atoms with E-state index in [9.17, 15) is 15.0 Å². The van der Waals surface area contributed by atoms with Gasteiger partial charge in [0, 0.05) is 6.54 Å². The van der Waals surface area contributed by atoms with Crippen LogP contribution in [0.4, 0.5) is 5.95 Å². The topological polar surface area (TPSA) is 125 Å². The van der Waals surface area contributed by atoms with Gasteiger partial charge in [-0.2, -0.15) is 4.98 Å². The first-order chi connectivity index (χ1) is 12.7. The number of nitrogens with one attached hydrogen (secondary N) is 2. The summed E-state index contributed by atoms with van der Waals surface area (Å²) in [6, 6.07) is 0. The molecule has 0 aliphatic carbocycles. The molecule has 150 valence electrons. The average Bonchev–Trinajstić information content (AvgIpc) is 3.13. The van der Waals surface area contributed by atoms with Crippen LogP contribution in [0.1, 0.15) is 26.0 Å². The first-order valence-electron chi connectivity index (χ1n) is 9.11. The highest BCUT2D eigenvalue weighted by Gasteiger charge is 2.44. The molecule has 4 N–H and O–H groups in total. The Balaban J connectivity index is 1.89. The normalized spacial score (nSPS) is 26.0. The van der Waals surface area contributed by atoms with Crippen molar-refractivity contribution in [3.8, 4) is 0 Å². The molecule has 1 aliphatic rings. The second-order valence-electron chi connectivity index (χ2n) is 7.66. The summed E-state index contributed by atoms with van der Waals surface area (Å²) in [4.78, 5) is 23.4. The summed E-state index contributed by atoms with van der Waals surface area (Å²) in [7, 11) is 0. The van der Waals surface area contributed by atoms with Crippen molar-refractivity contribution in [1.82, 2.24) is 19.5 Å². The number of anilines is 1. The molecule has 2 aromatic heterocycles. The monoisotopic (exact) mass is 397 g/mol. The van der Waals surface area contributed by atoms with E-state index >= 15 is 0 Å². The molecule has 0 aromatic carbocycles. The summed E-state index contributed by atoms with van der Waals surface area (Å²) in [5.41, 5.74) is 0.0976. The van der Waals surface area contributed by atoms with Gasteiger partial charge in [-0.3, -0.25) is 14.3 Å². The van der Waals surface area contributed by atoms with Gasteiger partial charge in [-0.05, 0) is 32.3 Å². The Bertz CT molecular complexity index is 904. The van der Waals surface area contributed by atoms with Gasteiger partial charge in [-0.1, -0.05) is 6.92 Å². The molecular formula is C17H28N5O4P. The van der Waals surface area contributed by atoms with Gasteiger partial charge in [-0.25, -0.2) is 4.98 Å². The predicted molar refractivity (Wildman–Crippen MR) is 108 cm³/mol. The smallest absolute Gasteiger partial charge is 0.280 e. The van der Waals surface area contributed by atoms with Crippen LogP contribution in [0.5, 0.6) is 0 Å². The number of aromatic amines is 1. The molecule has 0 spiro atoms. The molecule has 1 fully saturated rings. The molecule has 0 radical (unpaired) electrons. The Morgan fingerprint density at radius 3 is 2.81 bits per heavy atom. The highest BCUT2D eigenvalue weighted by Crippen LogP contribution is 2.39. The Morgan fingerprint density at radius 1 is 1.41 bits per heavy atom. The molecule has 9 nitrogen and oxygen atoms in total. The summed E-state index contributed by atoms with van der Waals surface area (Å²) in [5, 5.41) is 23.9. The maximum absolute atomic E-state index is 12.2. The molecule has 4 atom stereocenters. The maximum atomic E-state index is 12.2. The summed E-state index contributed by atoms with van der Waals surface area (Å²) >= 11 is 0. The molecule has 3 rings (SSSR count). The van der Waals surface area contributed by atoms with Gasteiger partial charge >= 0.3 is 0 Å². The molecule has 3 heterocycles. The van der Waals surface area contributed by atoms with Crippen molar-refractivity contribution in [2.75, 3.05) is 31.4 Å². The number of aromatic nitrogens is 4. The van der Waals surface area contributed by atoms with Crippen LogP contribution in [-0.2, 0) is 4.74 Å². The molecule has 0 amide bonds. The van der Waals surface area contributed by atoms with E-state index in [1.54, 1.807) is 0 Å². The fraction of sp³-hybridized carbons (Fsp3) is 0.647. The van der Waals surface area contributed by atoms with Gasteiger partial charge in [0.1, 0.15) is 12.2 Å². The van der Waals surface area contributed by atoms with Crippen molar-refractivity contribution in [3.63, 3.8) is 0 Å². The Labute approximate surface area is 157 Å². The van der Waals surface area contributed by atoms with E-state index in [4.69, 9.17) is 4.74 Å². The molecule has 0 bridgehead atoms. The third kappa shape index (κ3) is 4.27. The Hall–Kier alpha value is -1.67. The minimum atomic E-state index is -1.27. The second kappa shape index (κ2) is 7.75. The lowest BCUT2D eigenvalue weighted by molar-refractivity contribution is -0.0353. The van der Waals surface area contributed by atoms with E-state index in [0.717, 1.165) is 12.6 Å². The van der Waals surface area contributed by atoms with Crippen LogP contribution in [0.2, 0.25) is 0 Å². The molecule has 10 heteroatoms. The quantitative estimate of drug-likeness (QED) is 0.506. The fourth-order valence-electron chi connectivity index (χ4n) is 3.11. The Kier molecular flexibility index (Phi) is 5.76. The number of H-pyrrole nitrogens is 1. The average molecular weight is 397 g/mol. The van der Waals surface area contributed by atoms with Gasteiger partial charge in [0.25, 0.3) is 5.56 Å². The van der Waals surface area contributed by atoms with E-state index in [-0.39, 0.29) is 11.1 Å². The third-order valence-corrected chi connectivity index (χ3v) is 6.07. The number of ether oxygens (including phenoxy) is 1. The van der Waals surface area contributed by atoms with Crippen LogP contribution < -0.4 is 10.9 Å². The zero-order valence-corrected chi connectivity index (χ0v) is 16.8. The lowest BCUT2D eigenvalue weighted by atomic mass is 10.1. The van der Waals surface area contributed by atoms with Crippen molar-refractivity contribution in [3.05, 3.63) is 16.7 Å². The van der Waals surface area contributed by atoms with Gasteiger partial charge in [0.15, 0.2) is 17.4 Å². The molecule has 2 aromatic rings. The number of hydrogen-bond donors (Lipinski definition) is 4. The lowest BCUT2D eigenvalue weighted by Gasteiger charge is -2.18. The second-order valence-corrected chi connectivity index (χ2v) is 12.0. The van der Waals surface area contributed by atoms with Crippen LogP contribution in [0.15, 0.2) is 11.1 Å². The number of fused-ring (bicyclic) bond motifs is 1. The van der Waals surface area contributed by atoms with Crippen molar-refractivity contribution in [2.24, 2.45) is 0 Å². The molecule has 1 unspecified atom stereocenters. The molecule has 1 saturated heterocycles. The summed E-state index contributed by atoms with van der Waals surface area (Å²) in [5.74, 6) is 0.337. The standard InChI is InChI=1S/C17H28N5O4P/c1-5-7-18-17-20-14-11(15(25)21-17)19-9-22(14)16-13(24)12(23)10(26-16)6-8-27(2,3)4/h9-10,12-13,16,23-24H,2,5-8H2,1,3-4H3,(H2,18,20,21,25)/t10?,12-,13-,16-/m1/s1. The highest BCUT2D eigenvalue weighted by molar-refractivity contribution is 7.72. The number of hydrogen-bond acceptors (Lipinski definition) is 7. The summed E-state index contributed by atoms with van der Waals surface area (Å²) in [6.45, 7) is 5.64. The third-order valence-electron chi connectivity index (χ3n) is 4.61. The van der Waals surface area contributed by atoms with Gasteiger partial charge in [0.2, 0.25) is 5.95 Å². The number of nitrogens with zero attached hydrogens (tertiary/aromatic N) is 3. The van der Waals surface area contributed by atoms with Gasteiger partial charge < -0.3 is 20.3 Å². The maximum Gasteiger partial charge on any atom is 0.280 e. The van der Waals surface area contributed by atoms with Crippen molar-refractivity contribution in [1.29, 1.82) is 0 Å². The molecule has 1 aliphatic heterocycles. The highest BCUT2D eigenvalue weighted by atomic mass is 31.2. The summed E-state index contributed by atoms with van der Waals surface area (Å²) in [6.07, 6.45) is 4.43. The minimum absolute atomic E-state index is 0.163. The van der Waals surface area contributed by atoms with Crippen molar-refractivity contribution >= 4 is 30.3 Å². The molecule has 0 saturated carbocycles. The zero-order chi connectivity index (χ0) is 19.8. The first-order valence-corrected chi connectivity index (χ1v) is 12.2. The summed E-state index contributed by atoms with van der Waals surface area (Å²) < 4.78 is 7.45. The fourth-order valence-corrected chi connectivity index (χ4v) is 4.07. The number of rotatable bonds is 7. The van der Waals surface area contributed by atoms with Crippen LogP contribution in [-0.4, -0.2) is 80.4 Å². The van der Waals surface area contributed by atoms with E-state index in [0.29, 0.717) is 24.6 Å². The largest absolute Gasteiger partial charge is 0.388 e. The minimum Gasteiger partial charge on any atom is -0.388 e. The molecule has 27 heavy (non-hydrogen) atoms. The van der Waals surface area contributed by atoms with E-state index in [1.165, 1.54) is 10.9 Å². The van der Waals surface area contributed by atoms with Crippen molar-refractivity contribution in [2.45, 2.75) is 44.3 Å². The Morgan fingerprint density at radius 2 is 2.15 bits per heavy atom. The first kappa shape index (κ1) is 20.1. The van der Waals surface area contributed by atoms with Crippen molar-refractivity contribution < 1.29 is 14.9 Å². The molecular weight excluding hydrogens is 369 g/mol. The van der Waals surface area contributed by atoms with E-state index in [2.05, 4.69) is 39.9 Å². The van der Waals surface area contributed by atoms with Gasteiger partial charge in [0.05, 0.1) is 12.4 Å².